The van der Waals surface area contributed by atoms with Gasteiger partial charge in [0.1, 0.15) is 16.9 Å². The van der Waals surface area contributed by atoms with Crippen molar-refractivity contribution in [2.24, 2.45) is 4.99 Å². The van der Waals surface area contributed by atoms with Crippen molar-refractivity contribution < 1.29 is 18.4 Å². The summed E-state index contributed by atoms with van der Waals surface area (Å²) in [6.07, 6.45) is -0.0381. The van der Waals surface area contributed by atoms with Gasteiger partial charge in [-0.1, -0.05) is 30.0 Å². The molecule has 1 fully saturated rings. The van der Waals surface area contributed by atoms with Crippen molar-refractivity contribution in [3.63, 3.8) is 0 Å². The maximum Gasteiger partial charge on any atom is 0.238 e. The molecule has 0 aliphatic carbocycles. The maximum absolute atomic E-state index is 13.7. The molecule has 5 nitrogen and oxygen atoms in total. The third-order valence-electron chi connectivity index (χ3n) is 3.73. The highest BCUT2D eigenvalue weighted by Gasteiger charge is 2.34. The number of anilines is 1. The Balaban J connectivity index is 1.80. The molecular weight excluding hydrogens is 360 g/mol. The Morgan fingerprint density at radius 1 is 1.23 bits per heavy atom. The second-order valence-electron chi connectivity index (χ2n) is 5.61. The summed E-state index contributed by atoms with van der Waals surface area (Å²) in [5.41, 5.74) is 0.385. The van der Waals surface area contributed by atoms with Crippen LogP contribution in [0, 0.1) is 11.6 Å². The van der Waals surface area contributed by atoms with Gasteiger partial charge in [0.05, 0.1) is 11.4 Å². The Morgan fingerprint density at radius 2 is 2.00 bits per heavy atom. The van der Waals surface area contributed by atoms with Crippen molar-refractivity contribution in [1.29, 1.82) is 0 Å². The number of rotatable bonds is 3. The van der Waals surface area contributed by atoms with Crippen molar-refractivity contribution in [3.8, 4) is 0 Å². The Bertz CT molecular complexity index is 888. The van der Waals surface area contributed by atoms with Crippen molar-refractivity contribution in [2.45, 2.75) is 11.7 Å². The fourth-order valence-electron chi connectivity index (χ4n) is 2.33. The van der Waals surface area contributed by atoms with Gasteiger partial charge in [0.15, 0.2) is 5.17 Å². The lowest BCUT2D eigenvalue weighted by Crippen LogP contribution is -2.43. The number of hydrogen-bond donors (Lipinski definition) is 1. The SMILES string of the molecule is CN1C(=O)C[C@H](C(=O)Nc2ccccc2F)SC1=Nc1cccc(F)c1. The van der Waals surface area contributed by atoms with E-state index in [4.69, 9.17) is 0 Å². The zero-order chi connectivity index (χ0) is 18.7. The summed E-state index contributed by atoms with van der Waals surface area (Å²) in [5.74, 6) is -1.80. The van der Waals surface area contributed by atoms with Gasteiger partial charge in [0.2, 0.25) is 11.8 Å². The van der Waals surface area contributed by atoms with E-state index < -0.39 is 22.8 Å². The molecule has 2 amide bonds. The van der Waals surface area contributed by atoms with Crippen molar-refractivity contribution in [3.05, 3.63) is 60.2 Å². The summed E-state index contributed by atoms with van der Waals surface area (Å²) < 4.78 is 27.0. The molecule has 1 heterocycles. The fraction of sp³-hybridized carbons (Fsp3) is 0.167. The van der Waals surface area contributed by atoms with E-state index in [0.29, 0.717) is 5.69 Å². The van der Waals surface area contributed by atoms with Crippen LogP contribution in [-0.4, -0.2) is 34.2 Å². The number of nitrogens with zero attached hydrogens (tertiary/aromatic N) is 2. The van der Waals surface area contributed by atoms with Crippen LogP contribution in [0.25, 0.3) is 0 Å². The highest BCUT2D eigenvalue weighted by molar-refractivity contribution is 8.15. The number of carbonyl (C=O) groups is 2. The molecular formula is C18H15F2N3O2S. The standard InChI is InChI=1S/C18H15F2N3O2S/c1-23-16(24)10-15(17(25)22-14-8-3-2-7-13(14)20)26-18(23)21-12-6-4-5-11(19)9-12/h2-9,15H,10H2,1H3,(H,22,25)/t15-/m1/s1. The second-order valence-corrected chi connectivity index (χ2v) is 6.78. The number of amides is 2. The number of thioether (sulfide) groups is 1. The second kappa shape index (κ2) is 7.65. The lowest BCUT2D eigenvalue weighted by atomic mass is 10.2. The summed E-state index contributed by atoms with van der Waals surface area (Å²) in [6, 6.07) is 11.4. The Kier molecular flexibility index (Phi) is 5.32. The normalized spacial score (nSPS) is 18.9. The summed E-state index contributed by atoms with van der Waals surface area (Å²) >= 11 is 1.08. The number of aliphatic imine (C=N–C) groups is 1. The predicted octanol–water partition coefficient (Wildman–Crippen LogP) is 3.55. The first-order valence-electron chi connectivity index (χ1n) is 7.77. The third kappa shape index (κ3) is 4.08. The van der Waals surface area contributed by atoms with Crippen LogP contribution < -0.4 is 5.32 Å². The van der Waals surface area contributed by atoms with Crippen LogP contribution in [0.4, 0.5) is 20.2 Å². The van der Waals surface area contributed by atoms with E-state index in [9.17, 15) is 18.4 Å². The van der Waals surface area contributed by atoms with E-state index >= 15 is 0 Å². The van der Waals surface area contributed by atoms with Crippen molar-refractivity contribution in [2.75, 3.05) is 12.4 Å². The molecule has 2 aromatic rings. The first kappa shape index (κ1) is 18.1. The number of halogens is 2. The van der Waals surface area contributed by atoms with Crippen LogP contribution in [0.15, 0.2) is 53.5 Å². The number of para-hydroxylation sites is 1. The van der Waals surface area contributed by atoms with Crippen molar-refractivity contribution >= 4 is 40.1 Å². The zero-order valence-electron chi connectivity index (χ0n) is 13.8. The first-order chi connectivity index (χ1) is 12.4. The molecule has 0 unspecified atom stereocenters. The third-order valence-corrected chi connectivity index (χ3v) is 4.97. The van der Waals surface area contributed by atoms with Crippen molar-refractivity contribution in [1.82, 2.24) is 4.90 Å². The number of carbonyl (C=O) groups excluding carboxylic acids is 2. The largest absolute Gasteiger partial charge is 0.323 e. The Morgan fingerprint density at radius 3 is 2.73 bits per heavy atom. The van der Waals surface area contributed by atoms with Crippen LogP contribution in [-0.2, 0) is 9.59 Å². The highest BCUT2D eigenvalue weighted by Crippen LogP contribution is 2.29. The molecule has 0 saturated carbocycles. The van der Waals surface area contributed by atoms with E-state index in [1.807, 2.05) is 0 Å². The monoisotopic (exact) mass is 375 g/mol. The number of benzene rings is 2. The van der Waals surface area contributed by atoms with Crippen LogP contribution in [0.3, 0.4) is 0 Å². The van der Waals surface area contributed by atoms with Crippen LogP contribution in [0.5, 0.6) is 0 Å². The molecule has 1 aliphatic heterocycles. The van der Waals surface area contributed by atoms with Gasteiger partial charge in [-0.05, 0) is 30.3 Å². The molecule has 1 saturated heterocycles. The summed E-state index contributed by atoms with van der Waals surface area (Å²) in [6.45, 7) is 0. The van der Waals surface area contributed by atoms with Gasteiger partial charge in [-0.15, -0.1) is 0 Å². The van der Waals surface area contributed by atoms with Crippen LogP contribution >= 0.6 is 11.8 Å². The highest BCUT2D eigenvalue weighted by atomic mass is 32.2. The maximum atomic E-state index is 13.7. The average molecular weight is 375 g/mol. The predicted molar refractivity (Wildman–Crippen MR) is 97.3 cm³/mol. The van der Waals surface area contributed by atoms with Gasteiger partial charge in [0.25, 0.3) is 0 Å². The fourth-order valence-corrected chi connectivity index (χ4v) is 3.39. The molecule has 0 radical (unpaired) electrons. The minimum absolute atomic E-state index is 0.0381. The van der Waals surface area contributed by atoms with E-state index in [1.165, 1.54) is 41.3 Å². The van der Waals surface area contributed by atoms with Crippen LogP contribution in [0.2, 0.25) is 0 Å². The number of nitrogens with one attached hydrogen (secondary N) is 1. The molecule has 0 spiro atoms. The van der Waals surface area contributed by atoms with Gasteiger partial charge >= 0.3 is 0 Å². The number of hydrogen-bond acceptors (Lipinski definition) is 4. The molecule has 134 valence electrons. The molecule has 0 aromatic heterocycles. The first-order valence-corrected chi connectivity index (χ1v) is 8.65. The van der Waals surface area contributed by atoms with E-state index in [0.717, 1.165) is 11.8 Å². The zero-order valence-corrected chi connectivity index (χ0v) is 14.6. The minimum Gasteiger partial charge on any atom is -0.323 e. The van der Waals surface area contributed by atoms with E-state index in [2.05, 4.69) is 10.3 Å². The molecule has 0 bridgehead atoms. The van der Waals surface area contributed by atoms with E-state index in [-0.39, 0.29) is 23.2 Å². The topological polar surface area (TPSA) is 61.8 Å². The van der Waals surface area contributed by atoms with Gasteiger partial charge in [-0.2, -0.15) is 0 Å². The Hall–Kier alpha value is -2.74. The van der Waals surface area contributed by atoms with E-state index in [1.54, 1.807) is 19.2 Å². The lowest BCUT2D eigenvalue weighted by molar-refractivity contribution is -0.128. The molecule has 8 heteroatoms. The van der Waals surface area contributed by atoms with Gasteiger partial charge in [-0.3, -0.25) is 14.5 Å². The average Bonchev–Trinajstić information content (AvgIpc) is 2.60. The summed E-state index contributed by atoms with van der Waals surface area (Å²) in [7, 11) is 1.54. The van der Waals surface area contributed by atoms with Gasteiger partial charge in [0, 0.05) is 13.5 Å². The Labute approximate surface area is 153 Å². The van der Waals surface area contributed by atoms with Gasteiger partial charge in [-0.25, -0.2) is 13.8 Å². The molecule has 1 aliphatic rings. The molecule has 1 atom stereocenters. The molecule has 26 heavy (non-hydrogen) atoms. The molecule has 1 N–H and O–H groups in total. The lowest BCUT2D eigenvalue weighted by Gasteiger charge is -2.28. The summed E-state index contributed by atoms with van der Waals surface area (Å²) in [4.78, 5) is 30.2. The quantitative estimate of drug-likeness (QED) is 0.892. The van der Waals surface area contributed by atoms with Gasteiger partial charge < -0.3 is 5.32 Å². The number of amidine groups is 1. The minimum atomic E-state index is -0.759. The van der Waals surface area contributed by atoms with Crippen LogP contribution in [0.1, 0.15) is 6.42 Å². The smallest absolute Gasteiger partial charge is 0.238 e. The summed E-state index contributed by atoms with van der Waals surface area (Å²) in [5, 5.41) is 2.01. The molecule has 2 aromatic carbocycles. The molecule has 3 rings (SSSR count).